The average Bonchev–Trinajstić information content (AvgIpc) is 2.89. The standard InChI is InChI=1S/C17H21NO3/c1-17(16(20)21)10-5-11-18(17)15(19)14-9-4-7-12-6-2-3-8-13(12)14/h2-3,6,8,14H,4-5,7,9-11H2,1H3,(H,20,21). The summed E-state index contributed by atoms with van der Waals surface area (Å²) in [6.45, 7) is 2.23. The minimum absolute atomic E-state index is 0.00968. The van der Waals surface area contributed by atoms with Crippen LogP contribution in [0.25, 0.3) is 0 Å². The molecule has 1 N–H and O–H groups in total. The molecule has 1 aliphatic heterocycles. The number of nitrogens with zero attached hydrogens (tertiary/aromatic N) is 1. The van der Waals surface area contributed by atoms with E-state index in [1.807, 2.05) is 18.2 Å². The van der Waals surface area contributed by atoms with E-state index in [-0.39, 0.29) is 11.8 Å². The smallest absolute Gasteiger partial charge is 0.329 e. The van der Waals surface area contributed by atoms with Gasteiger partial charge < -0.3 is 10.0 Å². The van der Waals surface area contributed by atoms with Gasteiger partial charge in [0.1, 0.15) is 5.54 Å². The highest BCUT2D eigenvalue weighted by atomic mass is 16.4. The van der Waals surface area contributed by atoms with E-state index in [1.54, 1.807) is 11.8 Å². The van der Waals surface area contributed by atoms with Crippen molar-refractivity contribution in [3.63, 3.8) is 0 Å². The van der Waals surface area contributed by atoms with Crippen LogP contribution in [-0.4, -0.2) is 34.0 Å². The topological polar surface area (TPSA) is 57.6 Å². The van der Waals surface area contributed by atoms with Gasteiger partial charge in [0, 0.05) is 6.54 Å². The lowest BCUT2D eigenvalue weighted by Gasteiger charge is -2.35. The van der Waals surface area contributed by atoms with Crippen molar-refractivity contribution in [3.8, 4) is 0 Å². The fourth-order valence-corrected chi connectivity index (χ4v) is 3.74. The molecular weight excluding hydrogens is 266 g/mol. The zero-order valence-corrected chi connectivity index (χ0v) is 12.3. The van der Waals surface area contributed by atoms with Crippen molar-refractivity contribution in [1.82, 2.24) is 4.90 Å². The lowest BCUT2D eigenvalue weighted by molar-refractivity contribution is -0.156. The molecule has 0 radical (unpaired) electrons. The molecule has 4 heteroatoms. The van der Waals surface area contributed by atoms with Crippen LogP contribution in [0.15, 0.2) is 24.3 Å². The molecular formula is C17H21NO3. The van der Waals surface area contributed by atoms with Crippen LogP contribution in [0.2, 0.25) is 0 Å². The lowest BCUT2D eigenvalue weighted by Crippen LogP contribution is -2.52. The van der Waals surface area contributed by atoms with Gasteiger partial charge in [0.05, 0.1) is 5.92 Å². The Kier molecular flexibility index (Phi) is 3.47. The summed E-state index contributed by atoms with van der Waals surface area (Å²) in [6.07, 6.45) is 4.13. The Hall–Kier alpha value is -1.84. The summed E-state index contributed by atoms with van der Waals surface area (Å²) in [5.74, 6) is -1.08. The van der Waals surface area contributed by atoms with Gasteiger partial charge in [-0.05, 0) is 50.2 Å². The minimum Gasteiger partial charge on any atom is -0.480 e. The fraction of sp³-hybridized carbons (Fsp3) is 0.529. The Balaban J connectivity index is 1.92. The van der Waals surface area contributed by atoms with Crippen molar-refractivity contribution >= 4 is 11.9 Å². The third-order valence-corrected chi connectivity index (χ3v) is 5.04. The molecule has 0 saturated carbocycles. The second kappa shape index (κ2) is 5.17. The largest absolute Gasteiger partial charge is 0.480 e. The van der Waals surface area contributed by atoms with Crippen molar-refractivity contribution in [1.29, 1.82) is 0 Å². The van der Waals surface area contributed by atoms with E-state index in [0.717, 1.165) is 31.2 Å². The molecule has 2 atom stereocenters. The normalized spacial score (nSPS) is 28.2. The number of hydrogen-bond donors (Lipinski definition) is 1. The van der Waals surface area contributed by atoms with Crippen molar-refractivity contribution in [2.24, 2.45) is 0 Å². The average molecular weight is 287 g/mol. The van der Waals surface area contributed by atoms with Crippen molar-refractivity contribution in [2.75, 3.05) is 6.54 Å². The molecule has 4 nitrogen and oxygen atoms in total. The van der Waals surface area contributed by atoms with Crippen LogP contribution < -0.4 is 0 Å². The van der Waals surface area contributed by atoms with Crippen LogP contribution in [-0.2, 0) is 16.0 Å². The zero-order chi connectivity index (χ0) is 15.0. The molecule has 112 valence electrons. The number of carbonyl (C=O) groups excluding carboxylic acids is 1. The maximum absolute atomic E-state index is 12.9. The highest BCUT2D eigenvalue weighted by Gasteiger charge is 2.47. The number of hydrogen-bond acceptors (Lipinski definition) is 2. The lowest BCUT2D eigenvalue weighted by atomic mass is 9.81. The first-order valence-corrected chi connectivity index (χ1v) is 7.67. The number of rotatable bonds is 2. The summed E-state index contributed by atoms with van der Waals surface area (Å²) >= 11 is 0. The summed E-state index contributed by atoms with van der Waals surface area (Å²) < 4.78 is 0. The Labute approximate surface area is 124 Å². The van der Waals surface area contributed by atoms with Crippen molar-refractivity contribution in [3.05, 3.63) is 35.4 Å². The number of amides is 1. The number of likely N-dealkylation sites (tertiary alicyclic amines) is 1. The van der Waals surface area contributed by atoms with E-state index in [2.05, 4.69) is 6.07 Å². The maximum atomic E-state index is 12.9. The second-order valence-corrected chi connectivity index (χ2v) is 6.32. The highest BCUT2D eigenvalue weighted by molar-refractivity contribution is 5.91. The van der Waals surface area contributed by atoms with Crippen LogP contribution in [0.3, 0.4) is 0 Å². The molecule has 2 aliphatic rings. The van der Waals surface area contributed by atoms with Gasteiger partial charge in [0.25, 0.3) is 0 Å². The molecule has 1 aromatic rings. The molecule has 1 amide bonds. The van der Waals surface area contributed by atoms with E-state index in [0.29, 0.717) is 13.0 Å². The highest BCUT2D eigenvalue weighted by Crippen LogP contribution is 2.37. The van der Waals surface area contributed by atoms with E-state index in [1.165, 1.54) is 5.56 Å². The first-order valence-electron chi connectivity index (χ1n) is 7.67. The third kappa shape index (κ3) is 2.23. The molecule has 1 heterocycles. The van der Waals surface area contributed by atoms with E-state index in [4.69, 9.17) is 0 Å². The second-order valence-electron chi connectivity index (χ2n) is 6.32. The Morgan fingerprint density at radius 3 is 2.81 bits per heavy atom. The molecule has 3 rings (SSSR count). The minimum atomic E-state index is -1.04. The van der Waals surface area contributed by atoms with Gasteiger partial charge in [0.2, 0.25) is 5.91 Å². The van der Waals surface area contributed by atoms with Gasteiger partial charge in [-0.25, -0.2) is 4.79 Å². The monoisotopic (exact) mass is 287 g/mol. The molecule has 1 fully saturated rings. The number of carboxylic acid groups (broad SMARTS) is 1. The Morgan fingerprint density at radius 1 is 1.29 bits per heavy atom. The van der Waals surface area contributed by atoms with Crippen LogP contribution in [0.5, 0.6) is 0 Å². The molecule has 0 aromatic heterocycles. The van der Waals surface area contributed by atoms with Gasteiger partial charge >= 0.3 is 5.97 Å². The molecule has 1 saturated heterocycles. The molecule has 2 unspecified atom stereocenters. The Bertz CT molecular complexity index is 583. The summed E-state index contributed by atoms with van der Waals surface area (Å²) in [6, 6.07) is 8.06. The predicted molar refractivity (Wildman–Crippen MR) is 79.1 cm³/mol. The van der Waals surface area contributed by atoms with E-state index >= 15 is 0 Å². The van der Waals surface area contributed by atoms with Crippen LogP contribution in [0.4, 0.5) is 0 Å². The fourth-order valence-electron chi connectivity index (χ4n) is 3.74. The van der Waals surface area contributed by atoms with Gasteiger partial charge in [-0.3, -0.25) is 4.79 Å². The van der Waals surface area contributed by atoms with Gasteiger partial charge in [-0.2, -0.15) is 0 Å². The number of carboxylic acids is 1. The summed E-state index contributed by atoms with van der Waals surface area (Å²) in [7, 11) is 0. The SMILES string of the molecule is CC1(C(=O)O)CCCN1C(=O)C1CCCc2ccccc21. The third-order valence-electron chi connectivity index (χ3n) is 5.04. The number of benzene rings is 1. The van der Waals surface area contributed by atoms with E-state index < -0.39 is 11.5 Å². The first kappa shape index (κ1) is 14.1. The first-order chi connectivity index (χ1) is 10.0. The van der Waals surface area contributed by atoms with Crippen LogP contribution in [0.1, 0.15) is 49.7 Å². The van der Waals surface area contributed by atoms with Crippen molar-refractivity contribution < 1.29 is 14.7 Å². The maximum Gasteiger partial charge on any atom is 0.329 e. The van der Waals surface area contributed by atoms with Gasteiger partial charge in [0.15, 0.2) is 0 Å². The zero-order valence-electron chi connectivity index (χ0n) is 12.3. The molecule has 21 heavy (non-hydrogen) atoms. The van der Waals surface area contributed by atoms with Gasteiger partial charge in [-0.1, -0.05) is 24.3 Å². The molecule has 0 spiro atoms. The number of fused-ring (bicyclic) bond motifs is 1. The number of aliphatic carboxylic acids is 1. The Morgan fingerprint density at radius 2 is 2.05 bits per heavy atom. The quantitative estimate of drug-likeness (QED) is 0.909. The van der Waals surface area contributed by atoms with Crippen molar-refractivity contribution in [2.45, 2.75) is 50.5 Å². The summed E-state index contributed by atoms with van der Waals surface area (Å²) in [5, 5.41) is 9.49. The predicted octanol–water partition coefficient (Wildman–Crippen LogP) is 2.57. The molecule has 0 bridgehead atoms. The van der Waals surface area contributed by atoms with Crippen LogP contribution in [0, 0.1) is 0 Å². The molecule has 1 aliphatic carbocycles. The summed E-state index contributed by atoms with van der Waals surface area (Å²) in [5.41, 5.74) is 1.29. The number of aryl methyl sites for hydroxylation is 1. The van der Waals surface area contributed by atoms with E-state index in [9.17, 15) is 14.7 Å². The molecule has 1 aromatic carbocycles. The number of carbonyl (C=O) groups is 2. The summed E-state index contributed by atoms with van der Waals surface area (Å²) in [4.78, 5) is 26.1. The van der Waals surface area contributed by atoms with Gasteiger partial charge in [-0.15, -0.1) is 0 Å². The van der Waals surface area contributed by atoms with Crippen LogP contribution >= 0.6 is 0 Å².